The molecule has 1 amide bonds. The van der Waals surface area contributed by atoms with Gasteiger partial charge in [0.2, 0.25) is 5.91 Å². The molecule has 0 aliphatic rings. The lowest BCUT2D eigenvalue weighted by Gasteiger charge is -2.18. The number of ether oxygens (including phenoxy) is 2. The molecule has 0 aromatic carbocycles. The Morgan fingerprint density at radius 2 is 1.45 bits per heavy atom. The zero-order valence-electron chi connectivity index (χ0n) is 21.5. The van der Waals surface area contributed by atoms with Crippen LogP contribution in [-0.4, -0.2) is 61.0 Å². The average molecular weight is 472 g/mol. The second kappa shape index (κ2) is 15.9. The molecular formula is C25H45NO7. The Hall–Kier alpha value is -1.80. The molecule has 0 heterocycles. The quantitative estimate of drug-likeness (QED) is 0.291. The van der Waals surface area contributed by atoms with Crippen LogP contribution in [0.25, 0.3) is 0 Å². The van der Waals surface area contributed by atoms with E-state index in [2.05, 4.69) is 26.1 Å². The number of hydrogen-bond acceptors (Lipinski definition) is 6. The van der Waals surface area contributed by atoms with Crippen LogP contribution in [0.5, 0.6) is 0 Å². The molecular weight excluding hydrogens is 426 g/mol. The van der Waals surface area contributed by atoms with Gasteiger partial charge >= 0.3 is 5.97 Å². The van der Waals surface area contributed by atoms with Crippen LogP contribution in [0.4, 0.5) is 0 Å². The van der Waals surface area contributed by atoms with Crippen molar-refractivity contribution in [2.45, 2.75) is 99.0 Å². The number of Topliss-reactive ketones (excluding diaryl/α,β-unsaturated/α-hetero) is 2. The third kappa shape index (κ3) is 18.3. The molecule has 0 unspecified atom stereocenters. The Kier molecular flexibility index (Phi) is 15.1. The Morgan fingerprint density at radius 1 is 0.818 bits per heavy atom. The molecule has 192 valence electrons. The Balaban J connectivity index is 3.93. The molecule has 2 N–H and O–H groups in total. The molecule has 0 saturated carbocycles. The minimum Gasteiger partial charge on any atom is -0.480 e. The van der Waals surface area contributed by atoms with Gasteiger partial charge in [0.15, 0.2) is 5.78 Å². The highest BCUT2D eigenvalue weighted by molar-refractivity contribution is 5.85. The molecule has 0 aliphatic heterocycles. The number of nitrogens with one attached hydrogen (secondary N) is 1. The van der Waals surface area contributed by atoms with Gasteiger partial charge in [-0.1, -0.05) is 48.0 Å². The second-order valence-corrected chi connectivity index (χ2v) is 10.7. The molecule has 0 rings (SSSR count). The van der Waals surface area contributed by atoms with Crippen LogP contribution in [0.2, 0.25) is 0 Å². The molecule has 0 bridgehead atoms. The van der Waals surface area contributed by atoms with Gasteiger partial charge in [-0.2, -0.15) is 0 Å². The van der Waals surface area contributed by atoms with Crippen molar-refractivity contribution < 1.29 is 33.8 Å². The molecule has 0 radical (unpaired) electrons. The maximum absolute atomic E-state index is 12.0. The monoisotopic (exact) mass is 471 g/mol. The second-order valence-electron chi connectivity index (χ2n) is 10.7. The van der Waals surface area contributed by atoms with Crippen molar-refractivity contribution in [3.05, 3.63) is 0 Å². The van der Waals surface area contributed by atoms with Gasteiger partial charge in [0.1, 0.15) is 18.4 Å². The standard InChI is InChI=1S/C25H45NO7/c1-24(2,3)14-8-7-11-22(29)26-20(23(30)31)13-12-19(27)10-9-15-32-16-17-33-18-21(28)25(4,5)6/h20H,7-18H2,1-6H3,(H,26,29)(H,30,31)/t20-/m0/s1. The van der Waals surface area contributed by atoms with Gasteiger partial charge in [0.05, 0.1) is 13.2 Å². The number of ketones is 2. The van der Waals surface area contributed by atoms with E-state index >= 15 is 0 Å². The molecule has 0 saturated heterocycles. The normalized spacial score (nSPS) is 12.9. The van der Waals surface area contributed by atoms with Crippen LogP contribution < -0.4 is 5.32 Å². The van der Waals surface area contributed by atoms with E-state index in [1.807, 2.05) is 20.8 Å². The molecule has 1 atom stereocenters. The fourth-order valence-electron chi connectivity index (χ4n) is 2.87. The summed E-state index contributed by atoms with van der Waals surface area (Å²) in [5.74, 6) is -1.44. The summed E-state index contributed by atoms with van der Waals surface area (Å²) in [4.78, 5) is 47.2. The third-order valence-corrected chi connectivity index (χ3v) is 5.11. The van der Waals surface area contributed by atoms with Crippen LogP contribution >= 0.6 is 0 Å². The number of carbonyl (C=O) groups is 4. The zero-order valence-corrected chi connectivity index (χ0v) is 21.5. The lowest BCUT2D eigenvalue weighted by Crippen LogP contribution is -2.41. The van der Waals surface area contributed by atoms with Gasteiger partial charge in [0.25, 0.3) is 0 Å². The van der Waals surface area contributed by atoms with Crippen molar-refractivity contribution in [3.63, 3.8) is 0 Å². The highest BCUT2D eigenvalue weighted by Gasteiger charge is 2.22. The highest BCUT2D eigenvalue weighted by atomic mass is 16.5. The molecule has 0 aromatic rings. The fraction of sp³-hybridized carbons (Fsp3) is 0.840. The van der Waals surface area contributed by atoms with Crippen molar-refractivity contribution in [1.82, 2.24) is 5.32 Å². The number of aliphatic carboxylic acids is 1. The summed E-state index contributed by atoms with van der Waals surface area (Å²) in [5, 5.41) is 11.9. The van der Waals surface area contributed by atoms with Crippen molar-refractivity contribution >= 4 is 23.4 Å². The summed E-state index contributed by atoms with van der Waals surface area (Å²) in [6.07, 6.45) is 3.92. The summed E-state index contributed by atoms with van der Waals surface area (Å²) in [5.41, 5.74) is -0.207. The summed E-state index contributed by atoms with van der Waals surface area (Å²) in [7, 11) is 0. The third-order valence-electron chi connectivity index (χ3n) is 5.11. The fourth-order valence-corrected chi connectivity index (χ4v) is 2.87. The summed E-state index contributed by atoms with van der Waals surface area (Å²) in [6, 6.07) is -1.05. The first kappa shape index (κ1) is 31.2. The van der Waals surface area contributed by atoms with Gasteiger partial charge in [-0.15, -0.1) is 0 Å². The van der Waals surface area contributed by atoms with E-state index < -0.39 is 17.4 Å². The highest BCUT2D eigenvalue weighted by Crippen LogP contribution is 2.22. The molecule has 8 heteroatoms. The lowest BCUT2D eigenvalue weighted by atomic mass is 9.89. The van der Waals surface area contributed by atoms with Gasteiger partial charge in [-0.05, 0) is 31.1 Å². The van der Waals surface area contributed by atoms with E-state index in [4.69, 9.17) is 9.47 Å². The van der Waals surface area contributed by atoms with Crippen LogP contribution in [0, 0.1) is 10.8 Å². The van der Waals surface area contributed by atoms with E-state index in [0.29, 0.717) is 39.1 Å². The van der Waals surface area contributed by atoms with Crippen molar-refractivity contribution in [2.24, 2.45) is 10.8 Å². The Morgan fingerprint density at radius 3 is 2.03 bits per heavy atom. The Labute approximate surface area is 199 Å². The molecule has 33 heavy (non-hydrogen) atoms. The zero-order chi connectivity index (χ0) is 25.5. The number of rotatable bonds is 18. The van der Waals surface area contributed by atoms with Crippen LogP contribution in [0.3, 0.4) is 0 Å². The van der Waals surface area contributed by atoms with Gasteiger partial charge in [0, 0.05) is 31.3 Å². The van der Waals surface area contributed by atoms with Crippen molar-refractivity contribution in [1.29, 1.82) is 0 Å². The maximum atomic E-state index is 12.0. The van der Waals surface area contributed by atoms with Gasteiger partial charge in [-0.25, -0.2) is 4.79 Å². The lowest BCUT2D eigenvalue weighted by molar-refractivity contribution is -0.142. The minimum atomic E-state index is -1.13. The number of unbranched alkanes of at least 4 members (excludes halogenated alkanes) is 1. The molecule has 0 aliphatic carbocycles. The SMILES string of the molecule is CC(C)(C)CCCCC(=O)N[C@@H](CCC(=O)CCCOCCOCC(=O)C(C)(C)C)C(=O)O. The van der Waals surface area contributed by atoms with E-state index in [0.717, 1.165) is 12.8 Å². The Bertz CT molecular complexity index is 617. The molecule has 0 spiro atoms. The molecule has 0 aromatic heterocycles. The predicted molar refractivity (Wildman–Crippen MR) is 127 cm³/mol. The number of carboxylic acids is 1. The minimum absolute atomic E-state index is 0.0319. The first-order chi connectivity index (χ1) is 15.2. The largest absolute Gasteiger partial charge is 0.480 e. The van der Waals surface area contributed by atoms with E-state index in [-0.39, 0.29) is 48.8 Å². The van der Waals surface area contributed by atoms with Gasteiger partial charge in [-0.3, -0.25) is 14.4 Å². The first-order valence-corrected chi connectivity index (χ1v) is 11.9. The van der Waals surface area contributed by atoms with Crippen LogP contribution in [-0.2, 0) is 28.7 Å². The number of hydrogen-bond donors (Lipinski definition) is 2. The number of carboxylic acid groups (broad SMARTS) is 1. The predicted octanol–water partition coefficient (Wildman–Crippen LogP) is 3.94. The van der Waals surface area contributed by atoms with E-state index in [1.54, 1.807) is 0 Å². The first-order valence-electron chi connectivity index (χ1n) is 11.9. The van der Waals surface area contributed by atoms with Crippen molar-refractivity contribution in [2.75, 3.05) is 26.4 Å². The topological polar surface area (TPSA) is 119 Å². The molecule has 0 fully saturated rings. The van der Waals surface area contributed by atoms with Crippen LogP contribution in [0.15, 0.2) is 0 Å². The summed E-state index contributed by atoms with van der Waals surface area (Å²) < 4.78 is 10.7. The summed E-state index contributed by atoms with van der Waals surface area (Å²) >= 11 is 0. The van der Waals surface area contributed by atoms with Gasteiger partial charge < -0.3 is 19.9 Å². The maximum Gasteiger partial charge on any atom is 0.326 e. The van der Waals surface area contributed by atoms with Crippen molar-refractivity contribution in [3.8, 4) is 0 Å². The van der Waals surface area contributed by atoms with E-state index in [1.165, 1.54) is 0 Å². The summed E-state index contributed by atoms with van der Waals surface area (Å²) in [6.45, 7) is 13.0. The smallest absolute Gasteiger partial charge is 0.326 e. The van der Waals surface area contributed by atoms with E-state index in [9.17, 15) is 24.3 Å². The number of carbonyl (C=O) groups excluding carboxylic acids is 3. The number of amides is 1. The molecule has 8 nitrogen and oxygen atoms in total. The van der Waals surface area contributed by atoms with Crippen LogP contribution in [0.1, 0.15) is 92.9 Å². The average Bonchev–Trinajstić information content (AvgIpc) is 2.68.